The third-order valence-corrected chi connectivity index (χ3v) is 1.90. The highest BCUT2D eigenvalue weighted by molar-refractivity contribution is 5.15. The maximum absolute atomic E-state index is 12.5. The number of hydrogen-bond donors (Lipinski definition) is 0. The van der Waals surface area contributed by atoms with Crippen molar-refractivity contribution in [1.82, 2.24) is 0 Å². The molecule has 1 aromatic carbocycles. The van der Waals surface area contributed by atoms with E-state index in [0.29, 0.717) is 12.5 Å². The number of hydrogen-bond acceptors (Lipinski definition) is 1. The van der Waals surface area contributed by atoms with Gasteiger partial charge in [-0.3, -0.25) is 0 Å². The van der Waals surface area contributed by atoms with Crippen LogP contribution in [0.3, 0.4) is 0 Å². The minimum atomic E-state index is -0.183. The molecule has 0 aromatic heterocycles. The average molecular weight is 196 g/mol. The Kier molecular flexibility index (Phi) is 4.60. The lowest BCUT2D eigenvalue weighted by atomic mass is 10.1. The SMILES string of the molecule is CC(C)COCCc1ccc(F)cc1. The summed E-state index contributed by atoms with van der Waals surface area (Å²) >= 11 is 0. The fourth-order valence-electron chi connectivity index (χ4n) is 1.16. The highest BCUT2D eigenvalue weighted by Gasteiger charge is 1.96. The molecule has 78 valence electrons. The minimum absolute atomic E-state index is 0.183. The van der Waals surface area contributed by atoms with Gasteiger partial charge in [0.2, 0.25) is 0 Å². The van der Waals surface area contributed by atoms with Gasteiger partial charge in [-0.05, 0) is 30.0 Å². The van der Waals surface area contributed by atoms with Crippen molar-refractivity contribution in [2.24, 2.45) is 5.92 Å². The van der Waals surface area contributed by atoms with Gasteiger partial charge < -0.3 is 4.74 Å². The van der Waals surface area contributed by atoms with E-state index in [1.807, 2.05) is 0 Å². The van der Waals surface area contributed by atoms with Crippen molar-refractivity contribution >= 4 is 0 Å². The fraction of sp³-hybridized carbons (Fsp3) is 0.500. The Hall–Kier alpha value is -0.890. The summed E-state index contributed by atoms with van der Waals surface area (Å²) < 4.78 is 18.0. The number of rotatable bonds is 5. The third-order valence-electron chi connectivity index (χ3n) is 1.90. The summed E-state index contributed by atoms with van der Waals surface area (Å²) in [6.07, 6.45) is 0.854. The Bertz CT molecular complexity index is 254. The first-order chi connectivity index (χ1) is 6.68. The molecule has 0 radical (unpaired) electrons. The van der Waals surface area contributed by atoms with Crippen molar-refractivity contribution in [3.8, 4) is 0 Å². The van der Waals surface area contributed by atoms with Crippen LogP contribution in [0.25, 0.3) is 0 Å². The van der Waals surface area contributed by atoms with Crippen LogP contribution in [0.2, 0.25) is 0 Å². The van der Waals surface area contributed by atoms with E-state index < -0.39 is 0 Å². The second-order valence-electron chi connectivity index (χ2n) is 3.85. The predicted octanol–water partition coefficient (Wildman–Crippen LogP) is 3.04. The number of halogens is 1. The molecule has 0 bridgehead atoms. The van der Waals surface area contributed by atoms with Gasteiger partial charge in [-0.2, -0.15) is 0 Å². The fourth-order valence-corrected chi connectivity index (χ4v) is 1.16. The van der Waals surface area contributed by atoms with Crippen LogP contribution in [0.4, 0.5) is 4.39 Å². The zero-order valence-electron chi connectivity index (χ0n) is 8.79. The lowest BCUT2D eigenvalue weighted by Crippen LogP contribution is -2.05. The largest absolute Gasteiger partial charge is 0.381 e. The van der Waals surface area contributed by atoms with E-state index in [4.69, 9.17) is 4.74 Å². The van der Waals surface area contributed by atoms with E-state index in [9.17, 15) is 4.39 Å². The van der Waals surface area contributed by atoms with E-state index in [0.717, 1.165) is 18.6 Å². The number of benzene rings is 1. The highest BCUT2D eigenvalue weighted by atomic mass is 19.1. The molecule has 0 unspecified atom stereocenters. The monoisotopic (exact) mass is 196 g/mol. The maximum atomic E-state index is 12.5. The quantitative estimate of drug-likeness (QED) is 0.658. The molecular formula is C12H17FO. The van der Waals surface area contributed by atoms with E-state index in [1.165, 1.54) is 12.1 Å². The second kappa shape index (κ2) is 5.76. The molecule has 0 N–H and O–H groups in total. The molecule has 0 aliphatic rings. The van der Waals surface area contributed by atoms with Crippen molar-refractivity contribution in [2.75, 3.05) is 13.2 Å². The minimum Gasteiger partial charge on any atom is -0.381 e. The first kappa shape index (κ1) is 11.2. The molecule has 1 nitrogen and oxygen atoms in total. The molecular weight excluding hydrogens is 179 g/mol. The van der Waals surface area contributed by atoms with Gasteiger partial charge in [0.1, 0.15) is 5.82 Å². The molecule has 0 saturated heterocycles. The Labute approximate surface area is 84.9 Å². The summed E-state index contributed by atoms with van der Waals surface area (Å²) in [5.41, 5.74) is 1.12. The summed E-state index contributed by atoms with van der Waals surface area (Å²) in [5, 5.41) is 0. The molecule has 1 aromatic rings. The molecule has 0 heterocycles. The maximum Gasteiger partial charge on any atom is 0.123 e. The summed E-state index contributed by atoms with van der Waals surface area (Å²) in [6.45, 7) is 5.75. The van der Waals surface area contributed by atoms with E-state index >= 15 is 0 Å². The van der Waals surface area contributed by atoms with Crippen molar-refractivity contribution < 1.29 is 9.13 Å². The van der Waals surface area contributed by atoms with Crippen molar-refractivity contribution in [3.63, 3.8) is 0 Å². The Morgan fingerprint density at radius 1 is 1.21 bits per heavy atom. The molecule has 2 heteroatoms. The zero-order chi connectivity index (χ0) is 10.4. The average Bonchev–Trinajstić information content (AvgIpc) is 2.15. The lowest BCUT2D eigenvalue weighted by molar-refractivity contribution is 0.112. The van der Waals surface area contributed by atoms with Gasteiger partial charge in [0.15, 0.2) is 0 Å². The summed E-state index contributed by atoms with van der Waals surface area (Å²) in [5.74, 6) is 0.389. The van der Waals surface area contributed by atoms with Crippen LogP contribution in [0.1, 0.15) is 19.4 Å². The van der Waals surface area contributed by atoms with Gasteiger partial charge in [0.25, 0.3) is 0 Å². The van der Waals surface area contributed by atoms with Crippen molar-refractivity contribution in [2.45, 2.75) is 20.3 Å². The summed E-state index contributed by atoms with van der Waals surface area (Å²) in [7, 11) is 0. The van der Waals surface area contributed by atoms with Crippen molar-refractivity contribution in [1.29, 1.82) is 0 Å². The molecule has 0 saturated carbocycles. The molecule has 0 fully saturated rings. The van der Waals surface area contributed by atoms with Crippen LogP contribution >= 0.6 is 0 Å². The van der Waals surface area contributed by atoms with E-state index in [1.54, 1.807) is 12.1 Å². The topological polar surface area (TPSA) is 9.23 Å². The van der Waals surface area contributed by atoms with Crippen LogP contribution in [0.5, 0.6) is 0 Å². The van der Waals surface area contributed by atoms with Crippen LogP contribution in [-0.2, 0) is 11.2 Å². The highest BCUT2D eigenvalue weighted by Crippen LogP contribution is 2.04. The smallest absolute Gasteiger partial charge is 0.123 e. The van der Waals surface area contributed by atoms with Gasteiger partial charge in [0, 0.05) is 6.61 Å². The van der Waals surface area contributed by atoms with Crippen LogP contribution in [0, 0.1) is 11.7 Å². The molecule has 0 amide bonds. The van der Waals surface area contributed by atoms with Gasteiger partial charge >= 0.3 is 0 Å². The van der Waals surface area contributed by atoms with Gasteiger partial charge in [-0.1, -0.05) is 26.0 Å². The van der Waals surface area contributed by atoms with Gasteiger partial charge in [-0.25, -0.2) is 4.39 Å². The summed E-state index contributed by atoms with van der Waals surface area (Å²) in [4.78, 5) is 0. The standard InChI is InChI=1S/C12H17FO/c1-10(2)9-14-8-7-11-3-5-12(13)6-4-11/h3-6,10H,7-9H2,1-2H3. The second-order valence-corrected chi connectivity index (χ2v) is 3.85. The predicted molar refractivity (Wildman–Crippen MR) is 55.8 cm³/mol. The molecule has 0 aliphatic heterocycles. The van der Waals surface area contributed by atoms with Crippen LogP contribution < -0.4 is 0 Å². The Morgan fingerprint density at radius 2 is 1.86 bits per heavy atom. The molecule has 14 heavy (non-hydrogen) atoms. The molecule has 0 atom stereocenters. The van der Waals surface area contributed by atoms with Crippen LogP contribution in [-0.4, -0.2) is 13.2 Å². The lowest BCUT2D eigenvalue weighted by Gasteiger charge is -2.06. The first-order valence-corrected chi connectivity index (χ1v) is 5.00. The van der Waals surface area contributed by atoms with Crippen LogP contribution in [0.15, 0.2) is 24.3 Å². The molecule has 0 spiro atoms. The number of ether oxygens (including phenoxy) is 1. The van der Waals surface area contributed by atoms with Gasteiger partial charge in [0.05, 0.1) is 6.61 Å². The Morgan fingerprint density at radius 3 is 2.43 bits per heavy atom. The Balaban J connectivity index is 2.21. The molecule has 1 rings (SSSR count). The van der Waals surface area contributed by atoms with Gasteiger partial charge in [-0.15, -0.1) is 0 Å². The summed E-state index contributed by atoms with van der Waals surface area (Å²) in [6, 6.07) is 6.57. The zero-order valence-corrected chi connectivity index (χ0v) is 8.79. The third kappa shape index (κ3) is 4.38. The van der Waals surface area contributed by atoms with E-state index in [-0.39, 0.29) is 5.82 Å². The normalized spacial score (nSPS) is 10.9. The first-order valence-electron chi connectivity index (χ1n) is 5.00. The molecule has 0 aliphatic carbocycles. The van der Waals surface area contributed by atoms with E-state index in [2.05, 4.69) is 13.8 Å². The van der Waals surface area contributed by atoms with Crippen molar-refractivity contribution in [3.05, 3.63) is 35.6 Å².